The zero-order valence-electron chi connectivity index (χ0n) is 17.2. The third kappa shape index (κ3) is 6.24. The SMILES string of the molecule is Cc1cccc(NC(=O)C(=O)N/N=C\c2cccc(OCc3ccc(F)cc3)c2)c1C. The number of amides is 2. The average molecular weight is 419 g/mol. The van der Waals surface area contributed by atoms with Crippen molar-refractivity contribution in [3.05, 3.63) is 94.8 Å². The highest BCUT2D eigenvalue weighted by Gasteiger charge is 2.14. The van der Waals surface area contributed by atoms with Gasteiger partial charge in [-0.2, -0.15) is 5.10 Å². The Kier molecular flexibility index (Phi) is 7.11. The van der Waals surface area contributed by atoms with Crippen molar-refractivity contribution in [2.24, 2.45) is 5.10 Å². The quantitative estimate of drug-likeness (QED) is 0.359. The van der Waals surface area contributed by atoms with E-state index in [0.29, 0.717) is 17.0 Å². The molecule has 0 unspecified atom stereocenters. The standard InChI is InChI=1S/C24H22FN3O3/c1-16-5-3-8-22(17(16)2)27-23(29)24(30)28-26-14-19-6-4-7-21(13-19)31-15-18-9-11-20(25)12-10-18/h3-14H,15H2,1-2H3,(H,27,29)(H,28,30)/b26-14-. The number of halogens is 1. The maximum atomic E-state index is 13.0. The molecule has 0 aliphatic rings. The van der Waals surface area contributed by atoms with Gasteiger partial charge in [-0.25, -0.2) is 9.82 Å². The van der Waals surface area contributed by atoms with Crippen molar-refractivity contribution < 1.29 is 18.7 Å². The van der Waals surface area contributed by atoms with Gasteiger partial charge in [0.2, 0.25) is 0 Å². The maximum absolute atomic E-state index is 13.0. The van der Waals surface area contributed by atoms with E-state index in [-0.39, 0.29) is 12.4 Å². The molecule has 0 bridgehead atoms. The van der Waals surface area contributed by atoms with Crippen LogP contribution in [0.1, 0.15) is 22.3 Å². The third-order valence-corrected chi connectivity index (χ3v) is 4.62. The summed E-state index contributed by atoms with van der Waals surface area (Å²) in [7, 11) is 0. The summed E-state index contributed by atoms with van der Waals surface area (Å²) >= 11 is 0. The summed E-state index contributed by atoms with van der Waals surface area (Å²) in [5.41, 5.74) is 6.20. The third-order valence-electron chi connectivity index (χ3n) is 4.62. The Balaban J connectivity index is 1.53. The summed E-state index contributed by atoms with van der Waals surface area (Å²) in [4.78, 5) is 24.1. The first-order valence-electron chi connectivity index (χ1n) is 9.60. The van der Waals surface area contributed by atoms with E-state index in [2.05, 4.69) is 15.8 Å². The van der Waals surface area contributed by atoms with Gasteiger partial charge in [-0.15, -0.1) is 0 Å². The maximum Gasteiger partial charge on any atom is 0.329 e. The molecule has 0 atom stereocenters. The molecule has 3 rings (SSSR count). The molecular weight excluding hydrogens is 397 g/mol. The van der Waals surface area contributed by atoms with E-state index < -0.39 is 11.8 Å². The molecule has 6 nitrogen and oxygen atoms in total. The second-order valence-corrected chi connectivity index (χ2v) is 6.89. The van der Waals surface area contributed by atoms with Crippen LogP contribution in [0.2, 0.25) is 0 Å². The van der Waals surface area contributed by atoms with Gasteiger partial charge in [0.25, 0.3) is 0 Å². The number of nitrogens with zero attached hydrogens (tertiary/aromatic N) is 1. The predicted molar refractivity (Wildman–Crippen MR) is 117 cm³/mol. The van der Waals surface area contributed by atoms with Crippen LogP contribution in [-0.2, 0) is 16.2 Å². The summed E-state index contributed by atoms with van der Waals surface area (Å²) in [6, 6.07) is 18.6. The minimum absolute atomic E-state index is 0.288. The number of hydrazone groups is 1. The minimum Gasteiger partial charge on any atom is -0.489 e. The smallest absolute Gasteiger partial charge is 0.329 e. The highest BCUT2D eigenvalue weighted by atomic mass is 19.1. The summed E-state index contributed by atoms with van der Waals surface area (Å²) in [6.07, 6.45) is 1.41. The van der Waals surface area contributed by atoms with Crippen LogP contribution >= 0.6 is 0 Å². The Morgan fingerprint density at radius 1 is 1.00 bits per heavy atom. The van der Waals surface area contributed by atoms with Crippen LogP contribution in [0, 0.1) is 19.7 Å². The van der Waals surface area contributed by atoms with Gasteiger partial charge in [0.1, 0.15) is 18.2 Å². The number of aryl methyl sites for hydroxylation is 1. The fourth-order valence-corrected chi connectivity index (χ4v) is 2.71. The Bertz CT molecular complexity index is 1110. The molecule has 3 aromatic rings. The molecule has 3 aromatic carbocycles. The van der Waals surface area contributed by atoms with Gasteiger partial charge >= 0.3 is 11.8 Å². The fourth-order valence-electron chi connectivity index (χ4n) is 2.71. The number of hydrogen-bond donors (Lipinski definition) is 2. The van der Waals surface area contributed by atoms with Crippen LogP contribution in [0.15, 0.2) is 71.8 Å². The number of nitrogens with one attached hydrogen (secondary N) is 2. The Morgan fingerprint density at radius 3 is 2.52 bits per heavy atom. The second kappa shape index (κ2) is 10.2. The molecule has 0 aliphatic carbocycles. The van der Waals surface area contributed by atoms with E-state index in [0.717, 1.165) is 16.7 Å². The number of ether oxygens (including phenoxy) is 1. The lowest BCUT2D eigenvalue weighted by molar-refractivity contribution is -0.136. The Hall–Kier alpha value is -4.00. The molecule has 7 heteroatoms. The zero-order chi connectivity index (χ0) is 22.2. The molecule has 0 heterocycles. The summed E-state index contributed by atoms with van der Waals surface area (Å²) < 4.78 is 18.7. The second-order valence-electron chi connectivity index (χ2n) is 6.89. The topological polar surface area (TPSA) is 79.8 Å². The van der Waals surface area contributed by atoms with Crippen LogP contribution < -0.4 is 15.5 Å². The van der Waals surface area contributed by atoms with Crippen LogP contribution in [0.5, 0.6) is 5.75 Å². The van der Waals surface area contributed by atoms with Crippen LogP contribution in [0.25, 0.3) is 0 Å². The Morgan fingerprint density at radius 2 is 1.74 bits per heavy atom. The van der Waals surface area contributed by atoms with Crippen molar-refractivity contribution in [3.63, 3.8) is 0 Å². The number of carbonyl (C=O) groups is 2. The first kappa shape index (κ1) is 21.7. The molecule has 2 amide bonds. The summed E-state index contributed by atoms with van der Waals surface area (Å²) in [5, 5.41) is 6.41. The zero-order valence-corrected chi connectivity index (χ0v) is 17.2. The van der Waals surface area contributed by atoms with E-state index in [9.17, 15) is 14.0 Å². The summed E-state index contributed by atoms with van der Waals surface area (Å²) in [6.45, 7) is 4.08. The first-order chi connectivity index (χ1) is 14.9. The van der Waals surface area contributed by atoms with E-state index in [1.807, 2.05) is 19.9 Å². The molecule has 158 valence electrons. The fraction of sp³-hybridized carbons (Fsp3) is 0.125. The van der Waals surface area contributed by atoms with Crippen LogP contribution in [0.3, 0.4) is 0 Å². The van der Waals surface area contributed by atoms with E-state index >= 15 is 0 Å². The van der Waals surface area contributed by atoms with Gasteiger partial charge in [-0.05, 0) is 66.4 Å². The van der Waals surface area contributed by atoms with Crippen molar-refractivity contribution in [1.29, 1.82) is 0 Å². The van der Waals surface area contributed by atoms with Gasteiger partial charge in [-0.3, -0.25) is 9.59 Å². The number of rotatable bonds is 6. The van der Waals surface area contributed by atoms with Crippen molar-refractivity contribution in [3.8, 4) is 5.75 Å². The van der Waals surface area contributed by atoms with Gasteiger partial charge in [0, 0.05) is 5.69 Å². The van der Waals surface area contributed by atoms with Crippen molar-refractivity contribution in [2.75, 3.05) is 5.32 Å². The highest BCUT2D eigenvalue weighted by Crippen LogP contribution is 2.18. The number of carbonyl (C=O) groups excluding carboxylic acids is 2. The lowest BCUT2D eigenvalue weighted by Gasteiger charge is -2.09. The molecule has 0 aliphatic heterocycles. The van der Waals surface area contributed by atoms with Crippen molar-refractivity contribution in [1.82, 2.24) is 5.43 Å². The van der Waals surface area contributed by atoms with Gasteiger partial charge in [0.15, 0.2) is 0 Å². The van der Waals surface area contributed by atoms with Crippen molar-refractivity contribution in [2.45, 2.75) is 20.5 Å². The van der Waals surface area contributed by atoms with Crippen LogP contribution in [-0.4, -0.2) is 18.0 Å². The van der Waals surface area contributed by atoms with Gasteiger partial charge < -0.3 is 10.1 Å². The number of hydrogen-bond acceptors (Lipinski definition) is 4. The molecule has 0 saturated heterocycles. The monoisotopic (exact) mass is 419 g/mol. The van der Waals surface area contributed by atoms with Gasteiger partial charge in [0.05, 0.1) is 6.21 Å². The Labute approximate surface area is 179 Å². The number of benzene rings is 3. The predicted octanol–water partition coefficient (Wildman–Crippen LogP) is 4.11. The molecule has 31 heavy (non-hydrogen) atoms. The summed E-state index contributed by atoms with van der Waals surface area (Å²) in [5.74, 6) is -1.39. The van der Waals surface area contributed by atoms with E-state index in [4.69, 9.17) is 4.74 Å². The average Bonchev–Trinajstić information content (AvgIpc) is 2.77. The molecular formula is C24H22FN3O3. The lowest BCUT2D eigenvalue weighted by Crippen LogP contribution is -2.32. The molecule has 0 saturated carbocycles. The number of anilines is 1. The molecule has 2 N–H and O–H groups in total. The van der Waals surface area contributed by atoms with Crippen molar-refractivity contribution >= 4 is 23.7 Å². The lowest BCUT2D eigenvalue weighted by atomic mass is 10.1. The largest absolute Gasteiger partial charge is 0.489 e. The van der Waals surface area contributed by atoms with E-state index in [1.54, 1.807) is 48.5 Å². The van der Waals surface area contributed by atoms with Gasteiger partial charge in [-0.1, -0.05) is 36.4 Å². The first-order valence-corrected chi connectivity index (χ1v) is 9.60. The molecule has 0 spiro atoms. The van der Waals surface area contributed by atoms with E-state index in [1.165, 1.54) is 18.3 Å². The van der Waals surface area contributed by atoms with Crippen LogP contribution in [0.4, 0.5) is 10.1 Å². The molecule has 0 aromatic heterocycles. The molecule has 0 radical (unpaired) electrons. The molecule has 0 fully saturated rings. The highest BCUT2D eigenvalue weighted by molar-refractivity contribution is 6.39. The minimum atomic E-state index is -0.874. The normalized spacial score (nSPS) is 10.7.